The van der Waals surface area contributed by atoms with Gasteiger partial charge in [-0.25, -0.2) is 9.59 Å². The molecule has 4 aliphatic carbocycles. The number of esters is 1. The van der Waals surface area contributed by atoms with Gasteiger partial charge in [0.2, 0.25) is 0 Å². The Balaban J connectivity index is 1.53. The number of hydrogen-bond donors (Lipinski definition) is 1. The third-order valence-corrected chi connectivity index (χ3v) is 7.13. The van der Waals surface area contributed by atoms with Gasteiger partial charge in [0.05, 0.1) is 6.42 Å². The molecule has 33 heavy (non-hydrogen) atoms. The summed E-state index contributed by atoms with van der Waals surface area (Å²) in [7, 11) is 0. The highest BCUT2D eigenvalue weighted by Crippen LogP contribution is 2.64. The van der Waals surface area contributed by atoms with Crippen LogP contribution in [0.1, 0.15) is 38.5 Å². The maximum atomic E-state index is 14.1. The summed E-state index contributed by atoms with van der Waals surface area (Å²) in [6.07, 6.45) is -2.47. The molecule has 0 aromatic carbocycles. The summed E-state index contributed by atoms with van der Waals surface area (Å²) in [6.45, 7) is -3.24. The van der Waals surface area contributed by atoms with Crippen LogP contribution >= 0.6 is 0 Å². The SMILES string of the molecule is O=C(O)C(F)(F)CC(F)(F)C(=O)OC12CC3CC(C1)C1(OCC(F)(F)C(F)(F)CO1)C(C3)C2. The van der Waals surface area contributed by atoms with Crippen molar-refractivity contribution in [3.63, 3.8) is 0 Å². The zero-order chi connectivity index (χ0) is 24.7. The number of carbonyl (C=O) groups is 2. The van der Waals surface area contributed by atoms with Crippen LogP contribution in [-0.4, -0.2) is 65.3 Å². The second-order valence-corrected chi connectivity index (χ2v) is 9.51. The molecule has 14 heteroatoms. The largest absolute Gasteiger partial charge is 0.477 e. The van der Waals surface area contributed by atoms with E-state index >= 15 is 0 Å². The van der Waals surface area contributed by atoms with Crippen LogP contribution in [0, 0.1) is 17.8 Å². The highest BCUT2D eigenvalue weighted by molar-refractivity contribution is 5.81. The first-order valence-corrected chi connectivity index (χ1v) is 10.2. The molecule has 1 N–H and O–H groups in total. The zero-order valence-corrected chi connectivity index (χ0v) is 16.9. The summed E-state index contributed by atoms with van der Waals surface area (Å²) in [5.41, 5.74) is -1.58. The number of ether oxygens (including phenoxy) is 3. The van der Waals surface area contributed by atoms with Gasteiger partial charge in [0.15, 0.2) is 5.79 Å². The summed E-state index contributed by atoms with van der Waals surface area (Å²) in [5.74, 6) is -27.6. The molecule has 5 aliphatic rings. The Labute approximate surface area is 181 Å². The van der Waals surface area contributed by atoms with Crippen LogP contribution in [0.4, 0.5) is 35.1 Å². The van der Waals surface area contributed by atoms with Gasteiger partial charge in [0.25, 0.3) is 0 Å². The lowest BCUT2D eigenvalue weighted by atomic mass is 9.51. The van der Waals surface area contributed by atoms with E-state index in [-0.39, 0.29) is 38.0 Å². The quantitative estimate of drug-likeness (QED) is 0.460. The number of carbonyl (C=O) groups excluding carboxylic acids is 1. The van der Waals surface area contributed by atoms with Crippen molar-refractivity contribution < 1.29 is 64.0 Å². The monoisotopic (exact) mass is 496 g/mol. The first kappa shape index (κ1) is 24.4. The van der Waals surface area contributed by atoms with Gasteiger partial charge in [-0.3, -0.25) is 0 Å². The van der Waals surface area contributed by atoms with Gasteiger partial charge in [-0.2, -0.15) is 35.1 Å². The Kier molecular flexibility index (Phi) is 5.30. The molecule has 188 valence electrons. The van der Waals surface area contributed by atoms with Crippen molar-refractivity contribution in [2.45, 2.75) is 73.6 Å². The minimum Gasteiger partial charge on any atom is -0.477 e. The maximum Gasteiger partial charge on any atom is 0.377 e. The smallest absolute Gasteiger partial charge is 0.377 e. The Morgan fingerprint density at radius 2 is 1.36 bits per heavy atom. The van der Waals surface area contributed by atoms with E-state index in [0.717, 1.165) is 0 Å². The number of halogens is 8. The van der Waals surface area contributed by atoms with E-state index < -0.39 is 78.5 Å². The number of carboxylic acid groups (broad SMARTS) is 1. The summed E-state index contributed by atoms with van der Waals surface area (Å²) in [5, 5.41) is 8.36. The van der Waals surface area contributed by atoms with Gasteiger partial charge in [-0.15, -0.1) is 0 Å². The lowest BCUT2D eigenvalue weighted by molar-refractivity contribution is -0.356. The number of rotatable bonds is 5. The summed E-state index contributed by atoms with van der Waals surface area (Å²) in [4.78, 5) is 22.5. The van der Waals surface area contributed by atoms with Crippen LogP contribution in [0.5, 0.6) is 0 Å². The van der Waals surface area contributed by atoms with E-state index in [9.17, 15) is 44.7 Å². The van der Waals surface area contributed by atoms with Crippen LogP contribution in [-0.2, 0) is 23.8 Å². The minimum atomic E-state index is -4.88. The van der Waals surface area contributed by atoms with Gasteiger partial charge in [0.1, 0.15) is 18.8 Å². The fourth-order valence-electron chi connectivity index (χ4n) is 5.81. The van der Waals surface area contributed by atoms with E-state index in [4.69, 9.17) is 19.3 Å². The average molecular weight is 496 g/mol. The van der Waals surface area contributed by atoms with Crippen molar-refractivity contribution in [3.8, 4) is 0 Å². The predicted octanol–water partition coefficient (Wildman–Crippen LogP) is 3.87. The molecule has 4 saturated carbocycles. The number of aliphatic carboxylic acids is 1. The molecule has 2 unspecified atom stereocenters. The molecule has 0 aromatic rings. The van der Waals surface area contributed by atoms with E-state index in [1.807, 2.05) is 0 Å². The van der Waals surface area contributed by atoms with Gasteiger partial charge in [0, 0.05) is 11.8 Å². The molecule has 6 nitrogen and oxygen atoms in total. The molecule has 5 rings (SSSR count). The molecular formula is C19H20F8O6. The Bertz CT molecular complexity index is 810. The van der Waals surface area contributed by atoms with Crippen molar-refractivity contribution in [3.05, 3.63) is 0 Å². The molecule has 1 saturated heterocycles. The average Bonchev–Trinajstić information content (AvgIpc) is 2.74. The lowest BCUT2D eigenvalue weighted by Gasteiger charge is -2.63. The summed E-state index contributed by atoms with van der Waals surface area (Å²) in [6, 6.07) is 0. The zero-order valence-electron chi connectivity index (χ0n) is 16.9. The van der Waals surface area contributed by atoms with E-state index in [1.54, 1.807) is 0 Å². The second kappa shape index (κ2) is 7.15. The molecule has 5 fully saturated rings. The number of carboxylic acids is 1. The van der Waals surface area contributed by atoms with Crippen molar-refractivity contribution in [1.29, 1.82) is 0 Å². The number of alkyl halides is 8. The Hall–Kier alpha value is -1.70. The van der Waals surface area contributed by atoms with Crippen LogP contribution < -0.4 is 0 Å². The standard InChI is InChI=1S/C19H20F8O6/c20-15(21,12(28)29)6-16(22,23)13(30)33-14-3-9-1-10(4-14)19(11(2-9)5-14)31-7-17(24,25)18(26,27)8-32-19/h9-11H,1-8H2,(H,28,29). The molecule has 1 aliphatic heterocycles. The minimum absolute atomic E-state index is 0.0829. The first-order chi connectivity index (χ1) is 14.9. The van der Waals surface area contributed by atoms with Crippen molar-refractivity contribution in [2.24, 2.45) is 17.8 Å². The summed E-state index contributed by atoms with van der Waals surface area (Å²) >= 11 is 0. The molecule has 1 heterocycles. The third kappa shape index (κ3) is 3.86. The number of hydrogen-bond acceptors (Lipinski definition) is 5. The van der Waals surface area contributed by atoms with Crippen LogP contribution in [0.15, 0.2) is 0 Å². The van der Waals surface area contributed by atoms with Crippen molar-refractivity contribution >= 4 is 11.9 Å². The molecule has 2 atom stereocenters. The molecule has 0 amide bonds. The second-order valence-electron chi connectivity index (χ2n) is 9.51. The molecule has 0 aromatic heterocycles. The maximum absolute atomic E-state index is 14.1. The van der Waals surface area contributed by atoms with Crippen LogP contribution in [0.3, 0.4) is 0 Å². The van der Waals surface area contributed by atoms with E-state index in [0.29, 0.717) is 0 Å². The summed E-state index contributed by atoms with van der Waals surface area (Å²) < 4.78 is 125. The van der Waals surface area contributed by atoms with Crippen LogP contribution in [0.2, 0.25) is 0 Å². The predicted molar refractivity (Wildman–Crippen MR) is 89.1 cm³/mol. The van der Waals surface area contributed by atoms with Gasteiger partial charge >= 0.3 is 35.6 Å². The van der Waals surface area contributed by atoms with E-state index in [2.05, 4.69) is 0 Å². The molecule has 1 spiro atoms. The molecular weight excluding hydrogens is 476 g/mol. The fourth-order valence-corrected chi connectivity index (χ4v) is 5.81. The molecule has 4 bridgehead atoms. The lowest BCUT2D eigenvalue weighted by Crippen LogP contribution is -2.66. The highest BCUT2D eigenvalue weighted by atomic mass is 19.3. The van der Waals surface area contributed by atoms with Gasteiger partial charge < -0.3 is 19.3 Å². The Morgan fingerprint density at radius 1 is 0.879 bits per heavy atom. The highest BCUT2D eigenvalue weighted by Gasteiger charge is 2.70. The topological polar surface area (TPSA) is 82.1 Å². The first-order valence-electron chi connectivity index (χ1n) is 10.2. The van der Waals surface area contributed by atoms with Crippen molar-refractivity contribution in [1.82, 2.24) is 0 Å². The van der Waals surface area contributed by atoms with Crippen molar-refractivity contribution in [2.75, 3.05) is 13.2 Å². The third-order valence-electron chi connectivity index (χ3n) is 7.13. The van der Waals surface area contributed by atoms with Gasteiger partial charge in [-0.1, -0.05) is 0 Å². The fraction of sp³-hybridized carbons (Fsp3) is 0.895. The molecule has 0 radical (unpaired) electrons. The van der Waals surface area contributed by atoms with Crippen LogP contribution in [0.25, 0.3) is 0 Å². The van der Waals surface area contributed by atoms with E-state index in [1.165, 1.54) is 0 Å². The normalized spacial score (nSPS) is 36.4. The van der Waals surface area contributed by atoms with Gasteiger partial charge in [-0.05, 0) is 38.0 Å². The Morgan fingerprint density at radius 3 is 1.82 bits per heavy atom.